The fourth-order valence-electron chi connectivity index (χ4n) is 12.3. The molecule has 14 rings (SSSR count). The minimum absolute atomic E-state index is 0.0784. The number of pyridine rings is 4. The molecular formula is C55H58N16O3. The maximum absolute atomic E-state index is 14.9. The summed E-state index contributed by atoms with van der Waals surface area (Å²) in [6, 6.07) is 20.4. The van der Waals surface area contributed by atoms with E-state index in [1.54, 1.807) is 0 Å². The van der Waals surface area contributed by atoms with Crippen LogP contribution in [0.5, 0.6) is 0 Å². The topological polar surface area (TPSA) is 193 Å². The van der Waals surface area contributed by atoms with E-state index in [9.17, 15) is 15.0 Å². The van der Waals surface area contributed by atoms with Crippen LogP contribution in [-0.2, 0) is 52.1 Å². The van der Waals surface area contributed by atoms with Crippen LogP contribution in [0.4, 0.5) is 4.79 Å². The third kappa shape index (κ3) is 7.57. The summed E-state index contributed by atoms with van der Waals surface area (Å²) in [6.07, 6.45) is 9.49. The Morgan fingerprint density at radius 3 is 1.41 bits per heavy atom. The van der Waals surface area contributed by atoms with Gasteiger partial charge in [-0.3, -0.25) is 29.3 Å². The number of urea groups is 1. The third-order valence-electron chi connectivity index (χ3n) is 15.9. The van der Waals surface area contributed by atoms with E-state index < -0.39 is 0 Å². The fraction of sp³-hybridized carbons (Fsp3) is 0.400. The Morgan fingerprint density at radius 2 is 0.973 bits per heavy atom. The molecule has 0 spiro atoms. The number of aromatic nitrogens is 12. The van der Waals surface area contributed by atoms with E-state index in [0.717, 1.165) is 141 Å². The van der Waals surface area contributed by atoms with Crippen LogP contribution in [0.3, 0.4) is 0 Å². The Labute approximate surface area is 427 Å². The second kappa shape index (κ2) is 17.7. The van der Waals surface area contributed by atoms with Crippen LogP contribution in [-0.4, -0.2) is 123 Å². The van der Waals surface area contributed by atoms with E-state index in [1.807, 2.05) is 72.4 Å². The molecule has 2 saturated heterocycles. The number of rotatable bonds is 8. The maximum atomic E-state index is 14.9. The average molecular weight is 991 g/mol. The van der Waals surface area contributed by atoms with E-state index in [0.29, 0.717) is 78.0 Å². The second-order valence-corrected chi connectivity index (χ2v) is 20.8. The lowest BCUT2D eigenvalue weighted by Crippen LogP contribution is -2.45. The molecule has 19 nitrogen and oxygen atoms in total. The predicted octanol–water partition coefficient (Wildman–Crippen LogP) is 6.20. The number of aliphatic hydroxyl groups is 2. The Balaban J connectivity index is 0.771. The number of carbonyl (C=O) groups excluding carboxylic acids is 1. The van der Waals surface area contributed by atoms with Gasteiger partial charge in [0, 0.05) is 85.6 Å². The highest BCUT2D eigenvalue weighted by atomic mass is 16.3. The van der Waals surface area contributed by atoms with Gasteiger partial charge in [-0.2, -0.15) is 10.2 Å². The van der Waals surface area contributed by atoms with Gasteiger partial charge in [-0.15, -0.1) is 0 Å². The van der Waals surface area contributed by atoms with Crippen LogP contribution in [0.2, 0.25) is 0 Å². The van der Waals surface area contributed by atoms with E-state index in [-0.39, 0.29) is 18.2 Å². The lowest BCUT2D eigenvalue weighted by Gasteiger charge is -2.35. The van der Waals surface area contributed by atoms with Gasteiger partial charge < -0.3 is 30.0 Å². The highest BCUT2D eigenvalue weighted by Crippen LogP contribution is 2.41. The average Bonchev–Trinajstić information content (AvgIpc) is 4.28. The Morgan fingerprint density at radius 1 is 0.527 bits per heavy atom. The molecule has 19 heteroatoms. The van der Waals surface area contributed by atoms with Crippen molar-refractivity contribution in [3.05, 3.63) is 119 Å². The molecule has 14 heterocycles. The van der Waals surface area contributed by atoms with E-state index in [4.69, 9.17) is 40.1 Å². The number of imidazole rings is 2. The molecule has 0 unspecified atom stereocenters. The van der Waals surface area contributed by atoms with Gasteiger partial charge >= 0.3 is 6.03 Å². The van der Waals surface area contributed by atoms with Gasteiger partial charge in [0.2, 0.25) is 0 Å². The molecule has 8 aromatic rings. The summed E-state index contributed by atoms with van der Waals surface area (Å²) < 4.78 is 8.62. The first-order valence-corrected chi connectivity index (χ1v) is 26.3. The number of aliphatic hydroxyl groups excluding tert-OH is 2. The number of piperidine rings is 2. The smallest absolute Gasteiger partial charge is 0.321 e. The van der Waals surface area contributed by atoms with E-state index in [1.165, 1.54) is 11.4 Å². The number of carbonyl (C=O) groups is 1. The standard InChI is InChI=1S/C55H58N16O3/c1-33-7-3-9-39(58-33)51-49(45-11-5-21-68(45)62-51)35-13-19-56-41(27-35)53-60-43-29-64(31-47(43)70(53)66-23-15-37(72)16-24-66)55(74)65-30-44-48(32-65)71(67-25-17-38(73)18-26-67)54(61-44)42-28-36(14-20-57-42)50-46-12-6-22-69(46)63-52(50)40-10-4-8-34(2)59-40/h3-4,7-10,13-14,19-20,27-28,37-38,72-73H,5-6,11-12,15-18,21-26,29-32H2,1-2H3. The molecule has 6 aliphatic heterocycles. The normalized spacial score (nSPS) is 17.7. The van der Waals surface area contributed by atoms with Crippen molar-refractivity contribution in [2.24, 2.45) is 0 Å². The summed E-state index contributed by atoms with van der Waals surface area (Å²) in [7, 11) is 0. The Kier molecular flexibility index (Phi) is 10.8. The van der Waals surface area contributed by atoms with Crippen molar-refractivity contribution in [3.8, 4) is 68.1 Å². The molecule has 2 N–H and O–H groups in total. The fourth-order valence-corrected chi connectivity index (χ4v) is 12.3. The molecule has 0 aromatic carbocycles. The van der Waals surface area contributed by atoms with Gasteiger partial charge in [-0.25, -0.2) is 24.1 Å². The zero-order chi connectivity index (χ0) is 49.8. The van der Waals surface area contributed by atoms with Gasteiger partial charge in [0.05, 0.1) is 72.6 Å². The summed E-state index contributed by atoms with van der Waals surface area (Å²) in [5.74, 6) is 1.45. The molecule has 2 fully saturated rings. The molecular weight excluding hydrogens is 933 g/mol. The first-order chi connectivity index (χ1) is 36.2. The van der Waals surface area contributed by atoms with Gasteiger partial charge in [-0.05, 0) is 125 Å². The van der Waals surface area contributed by atoms with Crippen LogP contribution < -0.4 is 10.0 Å². The SMILES string of the molecule is Cc1cccc(-c2nn3c(c2-c2ccnc(-c4nc5c(n4N4CCC(O)CC4)CN(C(=O)N4Cc6nc(-c7cc(-c8c(-c9cccc(C)n9)nn9c8CCC9)ccn7)n(N7CCC(O)CC7)c6C4)C5)c2)CCC3)n1. The van der Waals surface area contributed by atoms with Crippen LogP contribution in [0.15, 0.2) is 73.1 Å². The third-order valence-corrected chi connectivity index (χ3v) is 15.9. The highest BCUT2D eigenvalue weighted by molar-refractivity contribution is 5.85. The zero-order valence-electron chi connectivity index (χ0n) is 41.8. The van der Waals surface area contributed by atoms with Crippen molar-refractivity contribution in [3.63, 3.8) is 0 Å². The first-order valence-electron chi connectivity index (χ1n) is 26.3. The molecule has 74 heavy (non-hydrogen) atoms. The van der Waals surface area contributed by atoms with E-state index in [2.05, 4.69) is 53.0 Å². The van der Waals surface area contributed by atoms with Crippen molar-refractivity contribution in [2.75, 3.05) is 36.2 Å². The number of nitrogens with zero attached hydrogens (tertiary/aromatic N) is 16. The first kappa shape index (κ1) is 44.9. The molecule has 6 aliphatic rings. The summed E-state index contributed by atoms with van der Waals surface area (Å²) in [4.78, 5) is 48.9. The molecule has 376 valence electrons. The molecule has 0 atom stereocenters. The number of fused-ring (bicyclic) bond motifs is 4. The van der Waals surface area contributed by atoms with Crippen LogP contribution in [0.25, 0.3) is 68.1 Å². The summed E-state index contributed by atoms with van der Waals surface area (Å²) in [5.41, 5.74) is 17.0. The number of amides is 2. The second-order valence-electron chi connectivity index (χ2n) is 20.8. The van der Waals surface area contributed by atoms with Gasteiger partial charge in [0.15, 0.2) is 11.6 Å². The Bertz CT molecular complexity index is 3290. The minimum atomic E-state index is -0.363. The van der Waals surface area contributed by atoms with Gasteiger partial charge in [0.25, 0.3) is 0 Å². The minimum Gasteiger partial charge on any atom is -0.393 e. The van der Waals surface area contributed by atoms with Crippen LogP contribution in [0.1, 0.15) is 84.1 Å². The largest absolute Gasteiger partial charge is 0.393 e. The predicted molar refractivity (Wildman–Crippen MR) is 276 cm³/mol. The molecule has 2 amide bonds. The van der Waals surface area contributed by atoms with Gasteiger partial charge in [0.1, 0.15) is 22.8 Å². The quantitative estimate of drug-likeness (QED) is 0.175. The number of aryl methyl sites for hydroxylation is 4. The van der Waals surface area contributed by atoms with Crippen molar-refractivity contribution in [1.29, 1.82) is 0 Å². The summed E-state index contributed by atoms with van der Waals surface area (Å²) >= 11 is 0. The lowest BCUT2D eigenvalue weighted by molar-refractivity contribution is 0.137. The Hall–Kier alpha value is -7.77. The van der Waals surface area contributed by atoms with Crippen molar-refractivity contribution in [1.82, 2.24) is 68.6 Å². The van der Waals surface area contributed by atoms with Crippen LogP contribution >= 0.6 is 0 Å². The summed E-state index contributed by atoms with van der Waals surface area (Å²) in [5, 5.41) is 35.9. The zero-order valence-corrected chi connectivity index (χ0v) is 41.8. The van der Waals surface area contributed by atoms with Gasteiger partial charge in [-0.1, -0.05) is 12.1 Å². The molecule has 0 bridgehead atoms. The lowest BCUT2D eigenvalue weighted by atomic mass is 10.00. The molecule has 0 radical (unpaired) electrons. The monoisotopic (exact) mass is 990 g/mol. The summed E-state index contributed by atoms with van der Waals surface area (Å²) in [6.45, 7) is 9.79. The number of hydrogen-bond donors (Lipinski definition) is 2. The van der Waals surface area contributed by atoms with E-state index >= 15 is 0 Å². The highest BCUT2D eigenvalue weighted by Gasteiger charge is 2.40. The maximum Gasteiger partial charge on any atom is 0.321 e. The van der Waals surface area contributed by atoms with Crippen molar-refractivity contribution >= 4 is 6.03 Å². The molecule has 0 aliphatic carbocycles. The number of hydrogen-bond acceptors (Lipinski definition) is 13. The van der Waals surface area contributed by atoms with Crippen molar-refractivity contribution < 1.29 is 15.0 Å². The molecule has 0 saturated carbocycles. The van der Waals surface area contributed by atoms with Crippen molar-refractivity contribution in [2.45, 2.75) is 117 Å². The van der Waals surface area contributed by atoms with Crippen LogP contribution in [0, 0.1) is 13.8 Å². The molecule has 8 aromatic heterocycles.